The summed E-state index contributed by atoms with van der Waals surface area (Å²) in [7, 11) is -3.41. The molecule has 132 valence electrons. The van der Waals surface area contributed by atoms with Crippen molar-refractivity contribution in [2.45, 2.75) is 56.9 Å². The van der Waals surface area contributed by atoms with Gasteiger partial charge in [0.2, 0.25) is 0 Å². The SMILES string of the molecule is CC(C)C1N(C(=O)c2ccccc2S(C)(=O)=O)CC12CCCCC2. The molecule has 1 aromatic rings. The summed E-state index contributed by atoms with van der Waals surface area (Å²) in [5, 5.41) is 0. The summed E-state index contributed by atoms with van der Waals surface area (Å²) in [6.45, 7) is 5.11. The second kappa shape index (κ2) is 6.17. The molecule has 0 radical (unpaired) electrons. The molecule has 1 saturated carbocycles. The normalized spacial score (nSPS) is 23.3. The van der Waals surface area contributed by atoms with Crippen molar-refractivity contribution in [2.24, 2.45) is 11.3 Å². The van der Waals surface area contributed by atoms with Crippen molar-refractivity contribution in [1.29, 1.82) is 0 Å². The maximum atomic E-state index is 13.1. The molecule has 1 spiro atoms. The highest BCUT2D eigenvalue weighted by Gasteiger charge is 2.55. The Bertz CT molecular complexity index is 733. The van der Waals surface area contributed by atoms with Gasteiger partial charge in [0.25, 0.3) is 5.91 Å². The number of hydrogen-bond acceptors (Lipinski definition) is 3. The molecule has 0 N–H and O–H groups in total. The van der Waals surface area contributed by atoms with Gasteiger partial charge in [-0.1, -0.05) is 45.2 Å². The van der Waals surface area contributed by atoms with Crippen LogP contribution in [0, 0.1) is 11.3 Å². The van der Waals surface area contributed by atoms with Gasteiger partial charge in [-0.3, -0.25) is 4.79 Å². The number of carbonyl (C=O) groups is 1. The van der Waals surface area contributed by atoms with Crippen molar-refractivity contribution < 1.29 is 13.2 Å². The minimum absolute atomic E-state index is 0.133. The van der Waals surface area contributed by atoms with Crippen LogP contribution in [-0.2, 0) is 9.84 Å². The summed E-state index contributed by atoms with van der Waals surface area (Å²) in [6, 6.07) is 6.80. The molecule has 1 aliphatic carbocycles. The van der Waals surface area contributed by atoms with E-state index in [2.05, 4.69) is 13.8 Å². The fourth-order valence-electron chi connectivity index (χ4n) is 4.85. The fourth-order valence-corrected chi connectivity index (χ4v) is 5.73. The lowest BCUT2D eigenvalue weighted by Gasteiger charge is -2.61. The van der Waals surface area contributed by atoms with E-state index >= 15 is 0 Å². The zero-order valence-electron chi connectivity index (χ0n) is 14.8. The largest absolute Gasteiger partial charge is 0.334 e. The van der Waals surface area contributed by atoms with Gasteiger partial charge in [-0.15, -0.1) is 0 Å². The minimum atomic E-state index is -3.41. The van der Waals surface area contributed by atoms with Crippen LogP contribution in [0.3, 0.4) is 0 Å². The van der Waals surface area contributed by atoms with Crippen LogP contribution in [0.25, 0.3) is 0 Å². The zero-order chi connectivity index (χ0) is 17.5. The van der Waals surface area contributed by atoms with Gasteiger partial charge in [0.15, 0.2) is 9.84 Å². The van der Waals surface area contributed by atoms with Gasteiger partial charge in [0, 0.05) is 24.3 Å². The summed E-state index contributed by atoms with van der Waals surface area (Å²) in [5.41, 5.74) is 0.568. The number of carbonyl (C=O) groups excluding carboxylic acids is 1. The quantitative estimate of drug-likeness (QED) is 0.839. The van der Waals surface area contributed by atoms with E-state index in [1.54, 1.807) is 18.2 Å². The van der Waals surface area contributed by atoms with Gasteiger partial charge >= 0.3 is 0 Å². The number of hydrogen-bond donors (Lipinski definition) is 0. The average Bonchev–Trinajstić information content (AvgIpc) is 2.51. The molecule has 4 nitrogen and oxygen atoms in total. The van der Waals surface area contributed by atoms with Crippen molar-refractivity contribution in [3.8, 4) is 0 Å². The smallest absolute Gasteiger partial charge is 0.255 e. The van der Waals surface area contributed by atoms with E-state index < -0.39 is 9.84 Å². The van der Waals surface area contributed by atoms with E-state index in [0.29, 0.717) is 11.5 Å². The third-order valence-electron chi connectivity index (χ3n) is 5.71. The van der Waals surface area contributed by atoms with E-state index in [4.69, 9.17) is 0 Å². The first-order valence-corrected chi connectivity index (χ1v) is 10.8. The highest BCUT2D eigenvalue weighted by atomic mass is 32.2. The van der Waals surface area contributed by atoms with Crippen LogP contribution in [0.2, 0.25) is 0 Å². The summed E-state index contributed by atoms with van der Waals surface area (Å²) in [5.74, 6) is 0.247. The first-order valence-electron chi connectivity index (χ1n) is 8.86. The molecule has 1 heterocycles. The van der Waals surface area contributed by atoms with Crippen LogP contribution < -0.4 is 0 Å². The van der Waals surface area contributed by atoms with Gasteiger partial charge in [-0.2, -0.15) is 0 Å². The van der Waals surface area contributed by atoms with Crippen molar-refractivity contribution in [3.63, 3.8) is 0 Å². The van der Waals surface area contributed by atoms with Crippen LogP contribution in [0.1, 0.15) is 56.3 Å². The topological polar surface area (TPSA) is 54.5 Å². The minimum Gasteiger partial charge on any atom is -0.334 e. The highest BCUT2D eigenvalue weighted by Crippen LogP contribution is 2.52. The Morgan fingerprint density at radius 3 is 2.38 bits per heavy atom. The maximum absolute atomic E-state index is 13.1. The third kappa shape index (κ3) is 2.87. The molecule has 0 bridgehead atoms. The van der Waals surface area contributed by atoms with Gasteiger partial charge in [-0.25, -0.2) is 8.42 Å². The lowest BCUT2D eigenvalue weighted by atomic mass is 9.59. The van der Waals surface area contributed by atoms with Gasteiger partial charge in [0.05, 0.1) is 10.5 Å². The number of amides is 1. The second-order valence-corrected chi connectivity index (χ2v) is 9.80. The molecule has 1 aromatic carbocycles. The Morgan fingerprint density at radius 2 is 1.79 bits per heavy atom. The standard InChI is InChI=1S/C19H27NO3S/c1-14(2)17-19(11-7-4-8-12-19)13-20(17)18(21)15-9-5-6-10-16(15)24(3,22)23/h5-6,9-10,14,17H,4,7-8,11-13H2,1-3H3. The molecule has 1 aliphatic heterocycles. The predicted octanol–water partition coefficient (Wildman–Crippen LogP) is 3.52. The lowest BCUT2D eigenvalue weighted by Crippen LogP contribution is -2.68. The summed E-state index contributed by atoms with van der Waals surface area (Å²) in [6.07, 6.45) is 7.31. The molecule has 1 unspecified atom stereocenters. The van der Waals surface area contributed by atoms with Crippen molar-refractivity contribution >= 4 is 15.7 Å². The van der Waals surface area contributed by atoms with Crippen molar-refractivity contribution in [3.05, 3.63) is 29.8 Å². The van der Waals surface area contributed by atoms with Crippen molar-refractivity contribution in [1.82, 2.24) is 4.90 Å². The predicted molar refractivity (Wildman–Crippen MR) is 94.7 cm³/mol. The molecule has 0 aromatic heterocycles. The number of rotatable bonds is 3. The molecule has 24 heavy (non-hydrogen) atoms. The molecule has 5 heteroatoms. The number of benzene rings is 1. The van der Waals surface area contributed by atoms with E-state index in [-0.39, 0.29) is 22.3 Å². The molecule has 1 saturated heterocycles. The Hall–Kier alpha value is -1.36. The maximum Gasteiger partial charge on any atom is 0.255 e. The van der Waals surface area contributed by atoms with Crippen LogP contribution >= 0.6 is 0 Å². The van der Waals surface area contributed by atoms with Crippen LogP contribution in [0.4, 0.5) is 0 Å². The monoisotopic (exact) mass is 349 g/mol. The van der Waals surface area contributed by atoms with Gasteiger partial charge in [-0.05, 0) is 30.9 Å². The van der Waals surface area contributed by atoms with E-state index in [1.807, 2.05) is 4.90 Å². The first kappa shape index (κ1) is 17.5. The van der Waals surface area contributed by atoms with E-state index in [1.165, 1.54) is 38.2 Å². The van der Waals surface area contributed by atoms with Gasteiger partial charge < -0.3 is 4.90 Å². The molecule has 3 rings (SSSR count). The fraction of sp³-hybridized carbons (Fsp3) is 0.632. The Morgan fingerprint density at radius 1 is 1.17 bits per heavy atom. The molecule has 1 atom stereocenters. The molecular formula is C19H27NO3S. The Kier molecular flexibility index (Phi) is 4.49. The Balaban J connectivity index is 1.92. The summed E-state index contributed by atoms with van der Waals surface area (Å²) < 4.78 is 24.1. The van der Waals surface area contributed by atoms with Crippen LogP contribution in [0.5, 0.6) is 0 Å². The number of likely N-dealkylation sites (tertiary alicyclic amines) is 1. The third-order valence-corrected chi connectivity index (χ3v) is 6.86. The zero-order valence-corrected chi connectivity index (χ0v) is 15.6. The molecular weight excluding hydrogens is 322 g/mol. The molecule has 1 amide bonds. The number of sulfone groups is 1. The van der Waals surface area contributed by atoms with E-state index in [0.717, 1.165) is 12.8 Å². The first-order chi connectivity index (χ1) is 11.3. The molecule has 2 aliphatic rings. The average molecular weight is 349 g/mol. The second-order valence-electron chi connectivity index (χ2n) is 7.81. The summed E-state index contributed by atoms with van der Waals surface area (Å²) in [4.78, 5) is 15.2. The molecule has 2 fully saturated rings. The van der Waals surface area contributed by atoms with E-state index in [9.17, 15) is 13.2 Å². The number of nitrogens with zero attached hydrogens (tertiary/aromatic N) is 1. The summed E-state index contributed by atoms with van der Waals surface area (Å²) >= 11 is 0. The van der Waals surface area contributed by atoms with Crippen LogP contribution in [0.15, 0.2) is 29.2 Å². The lowest BCUT2D eigenvalue weighted by molar-refractivity contribution is -0.0943. The highest BCUT2D eigenvalue weighted by molar-refractivity contribution is 7.90. The van der Waals surface area contributed by atoms with Crippen LogP contribution in [-0.4, -0.2) is 38.1 Å². The van der Waals surface area contributed by atoms with Gasteiger partial charge in [0.1, 0.15) is 0 Å². The van der Waals surface area contributed by atoms with Crippen molar-refractivity contribution in [2.75, 3.05) is 12.8 Å². The Labute approximate surface area is 145 Å².